The molecule has 0 aliphatic carbocycles. The van der Waals surface area contributed by atoms with Crippen LogP contribution in [0, 0.1) is 10.8 Å². The third-order valence-electron chi connectivity index (χ3n) is 6.98. The number of hydrogen-bond donors (Lipinski definition) is 0. The molecule has 1 aliphatic heterocycles. The van der Waals surface area contributed by atoms with Gasteiger partial charge in [-0.2, -0.15) is 0 Å². The number of aldehydes is 1. The lowest BCUT2D eigenvalue weighted by Gasteiger charge is -2.41. The molecule has 1 unspecified atom stereocenters. The summed E-state index contributed by atoms with van der Waals surface area (Å²) in [6.07, 6.45) is 22.9. The maximum atomic E-state index is 11.6. The van der Waals surface area contributed by atoms with Gasteiger partial charge in [-0.3, -0.25) is 0 Å². The summed E-state index contributed by atoms with van der Waals surface area (Å²) in [4.78, 5) is 14.3. The molecule has 0 spiro atoms. The molecule has 172 valence electrons. The zero-order valence-corrected chi connectivity index (χ0v) is 20.7. The monoisotopic (exact) mass is 407 g/mol. The van der Waals surface area contributed by atoms with Gasteiger partial charge in [0.25, 0.3) is 0 Å². The largest absolute Gasteiger partial charge is 0.303 e. The van der Waals surface area contributed by atoms with Crippen molar-refractivity contribution in [3.05, 3.63) is 0 Å². The molecule has 0 saturated carbocycles. The molecule has 29 heavy (non-hydrogen) atoms. The number of unbranched alkanes of at least 4 members (excludes halogenated alkanes) is 9. The standard InChI is InChI=1S/C27H53NO/c1-6-7-8-9-10-11-12-13-14-16-19-26(2,3)22-25(23-27(4,5)24-29)28-20-17-15-18-21-28/h24-25H,6-23H2,1-5H3. The molecule has 0 N–H and O–H groups in total. The molecule has 1 fully saturated rings. The molecule has 0 aromatic carbocycles. The maximum Gasteiger partial charge on any atom is 0.125 e. The molecule has 0 aromatic rings. The molecule has 0 bridgehead atoms. The maximum absolute atomic E-state index is 11.6. The molecule has 1 saturated heterocycles. The Labute approximate surface area is 183 Å². The first-order valence-electron chi connectivity index (χ1n) is 13.0. The van der Waals surface area contributed by atoms with Crippen molar-refractivity contribution in [2.24, 2.45) is 10.8 Å². The van der Waals surface area contributed by atoms with Crippen LogP contribution < -0.4 is 0 Å². The molecule has 2 nitrogen and oxygen atoms in total. The van der Waals surface area contributed by atoms with Crippen LogP contribution in [-0.2, 0) is 4.79 Å². The Bertz CT molecular complexity index is 409. The van der Waals surface area contributed by atoms with E-state index in [1.807, 2.05) is 0 Å². The van der Waals surface area contributed by atoms with Gasteiger partial charge in [0.1, 0.15) is 6.29 Å². The highest BCUT2D eigenvalue weighted by Crippen LogP contribution is 2.36. The SMILES string of the molecule is CCCCCCCCCCCCC(C)(C)CC(CC(C)(C)C=O)N1CCCCC1. The fourth-order valence-electron chi connectivity index (χ4n) is 5.10. The van der Waals surface area contributed by atoms with Gasteiger partial charge < -0.3 is 9.69 Å². The van der Waals surface area contributed by atoms with E-state index < -0.39 is 0 Å². The van der Waals surface area contributed by atoms with Crippen molar-refractivity contribution in [3.63, 3.8) is 0 Å². The molecule has 1 rings (SSSR count). The highest BCUT2D eigenvalue weighted by atomic mass is 16.1. The van der Waals surface area contributed by atoms with Gasteiger partial charge in [0, 0.05) is 11.5 Å². The summed E-state index contributed by atoms with van der Waals surface area (Å²) >= 11 is 0. The summed E-state index contributed by atoms with van der Waals surface area (Å²) in [5.41, 5.74) is 0.177. The number of rotatable bonds is 17. The van der Waals surface area contributed by atoms with E-state index in [0.29, 0.717) is 11.5 Å². The average Bonchev–Trinajstić information content (AvgIpc) is 2.69. The molecular weight excluding hydrogens is 354 g/mol. The minimum absolute atomic E-state index is 0.199. The van der Waals surface area contributed by atoms with Crippen molar-refractivity contribution in [1.82, 2.24) is 4.90 Å². The van der Waals surface area contributed by atoms with Crippen molar-refractivity contribution in [3.8, 4) is 0 Å². The average molecular weight is 408 g/mol. The van der Waals surface area contributed by atoms with Crippen molar-refractivity contribution in [2.45, 2.75) is 143 Å². The van der Waals surface area contributed by atoms with E-state index in [-0.39, 0.29) is 5.41 Å². The Balaban J connectivity index is 2.33. The van der Waals surface area contributed by atoms with Crippen LogP contribution in [0.3, 0.4) is 0 Å². The van der Waals surface area contributed by atoms with E-state index in [4.69, 9.17) is 0 Å². The molecule has 0 amide bonds. The van der Waals surface area contributed by atoms with Gasteiger partial charge in [0.2, 0.25) is 0 Å². The normalized spacial score (nSPS) is 17.4. The second-order valence-electron chi connectivity index (χ2n) is 11.4. The fourth-order valence-corrected chi connectivity index (χ4v) is 5.10. The van der Waals surface area contributed by atoms with E-state index in [9.17, 15) is 4.79 Å². The van der Waals surface area contributed by atoms with Gasteiger partial charge in [-0.05, 0) is 50.6 Å². The van der Waals surface area contributed by atoms with Crippen LogP contribution in [0.5, 0.6) is 0 Å². The summed E-state index contributed by atoms with van der Waals surface area (Å²) in [7, 11) is 0. The molecule has 1 atom stereocenters. The molecule has 1 heterocycles. The first-order valence-corrected chi connectivity index (χ1v) is 13.0. The van der Waals surface area contributed by atoms with Gasteiger partial charge in [0.05, 0.1) is 0 Å². The van der Waals surface area contributed by atoms with E-state index >= 15 is 0 Å². The van der Waals surface area contributed by atoms with Gasteiger partial charge in [-0.1, -0.05) is 105 Å². The summed E-state index contributed by atoms with van der Waals surface area (Å²) in [5.74, 6) is 0. The van der Waals surface area contributed by atoms with Gasteiger partial charge >= 0.3 is 0 Å². The van der Waals surface area contributed by atoms with Crippen LogP contribution in [-0.4, -0.2) is 30.3 Å². The number of likely N-dealkylation sites (tertiary alicyclic amines) is 1. The lowest BCUT2D eigenvalue weighted by atomic mass is 9.76. The Morgan fingerprint density at radius 1 is 0.759 bits per heavy atom. The highest BCUT2D eigenvalue weighted by molar-refractivity contribution is 5.57. The number of hydrogen-bond acceptors (Lipinski definition) is 2. The van der Waals surface area contributed by atoms with E-state index in [2.05, 4.69) is 39.5 Å². The smallest absolute Gasteiger partial charge is 0.125 e. The topological polar surface area (TPSA) is 20.3 Å². The number of piperidine rings is 1. The lowest BCUT2D eigenvalue weighted by molar-refractivity contribution is -0.116. The summed E-state index contributed by atoms with van der Waals surface area (Å²) in [6, 6.07) is 0.564. The predicted octanol–water partition coefficient (Wildman–Crippen LogP) is 8.18. The first kappa shape index (κ1) is 26.7. The highest BCUT2D eigenvalue weighted by Gasteiger charge is 2.32. The Morgan fingerprint density at radius 2 is 1.28 bits per heavy atom. The van der Waals surface area contributed by atoms with Crippen molar-refractivity contribution >= 4 is 6.29 Å². The van der Waals surface area contributed by atoms with Gasteiger partial charge in [-0.25, -0.2) is 0 Å². The van der Waals surface area contributed by atoms with Crippen LogP contribution in [0.25, 0.3) is 0 Å². The fraction of sp³-hybridized carbons (Fsp3) is 0.963. The quantitative estimate of drug-likeness (QED) is 0.179. The Hall–Kier alpha value is -0.370. The Morgan fingerprint density at radius 3 is 1.79 bits per heavy atom. The van der Waals surface area contributed by atoms with Crippen LogP contribution in [0.2, 0.25) is 0 Å². The molecule has 0 aromatic heterocycles. The second kappa shape index (κ2) is 14.6. The number of carbonyl (C=O) groups is 1. The molecular formula is C27H53NO. The van der Waals surface area contributed by atoms with Crippen molar-refractivity contribution < 1.29 is 4.79 Å². The van der Waals surface area contributed by atoms with Crippen LogP contribution >= 0.6 is 0 Å². The zero-order valence-electron chi connectivity index (χ0n) is 20.7. The zero-order chi connectivity index (χ0) is 21.6. The third-order valence-corrected chi connectivity index (χ3v) is 6.98. The minimum Gasteiger partial charge on any atom is -0.303 e. The summed E-state index contributed by atoms with van der Waals surface area (Å²) in [6.45, 7) is 13.9. The van der Waals surface area contributed by atoms with Crippen LogP contribution in [0.4, 0.5) is 0 Å². The molecule has 2 heteroatoms. The summed E-state index contributed by atoms with van der Waals surface area (Å²) in [5, 5.41) is 0. The second-order valence-corrected chi connectivity index (χ2v) is 11.4. The van der Waals surface area contributed by atoms with Crippen LogP contribution in [0.1, 0.15) is 137 Å². The third kappa shape index (κ3) is 12.8. The number of nitrogens with zero attached hydrogens (tertiary/aromatic N) is 1. The predicted molar refractivity (Wildman–Crippen MR) is 129 cm³/mol. The molecule has 0 radical (unpaired) electrons. The van der Waals surface area contributed by atoms with Crippen LogP contribution in [0.15, 0.2) is 0 Å². The number of carbonyl (C=O) groups excluding carboxylic acids is 1. The lowest BCUT2D eigenvalue weighted by Crippen LogP contribution is -2.44. The van der Waals surface area contributed by atoms with E-state index in [1.54, 1.807) is 0 Å². The minimum atomic E-state index is -0.199. The molecule has 1 aliphatic rings. The first-order chi connectivity index (χ1) is 13.8. The van der Waals surface area contributed by atoms with Gasteiger partial charge in [-0.15, -0.1) is 0 Å². The van der Waals surface area contributed by atoms with Crippen molar-refractivity contribution in [2.75, 3.05) is 13.1 Å². The summed E-state index contributed by atoms with van der Waals surface area (Å²) < 4.78 is 0. The van der Waals surface area contributed by atoms with Crippen molar-refractivity contribution in [1.29, 1.82) is 0 Å². The Kier molecular flexibility index (Phi) is 13.4. The van der Waals surface area contributed by atoms with E-state index in [1.165, 1.54) is 116 Å². The van der Waals surface area contributed by atoms with Gasteiger partial charge in [0.15, 0.2) is 0 Å². The van der Waals surface area contributed by atoms with E-state index in [0.717, 1.165) is 6.42 Å².